The maximum atomic E-state index is 11.8. The number of hydrogen-bond donors (Lipinski definition) is 1. The van der Waals surface area contributed by atoms with Crippen LogP contribution in [0, 0.1) is 22.7 Å². The van der Waals surface area contributed by atoms with Crippen LogP contribution in [0.25, 0.3) is 0 Å². The molecule has 1 fully saturated rings. The lowest BCUT2D eigenvalue weighted by Crippen LogP contribution is -2.45. The number of nitrogens with one attached hydrogen (secondary N) is 1. The van der Waals surface area contributed by atoms with Crippen LogP contribution >= 0.6 is 0 Å². The summed E-state index contributed by atoms with van der Waals surface area (Å²) < 4.78 is 0. The number of piperidine rings is 1. The Morgan fingerprint density at radius 2 is 2.22 bits per heavy atom. The van der Waals surface area contributed by atoms with Crippen LogP contribution in [-0.4, -0.2) is 36.5 Å². The SMILES string of the molecule is CC(C)N1CCCC(CNC(=O)C(C)(C)C#N)C1. The van der Waals surface area contributed by atoms with Crippen LogP contribution in [0.2, 0.25) is 0 Å². The Labute approximate surface area is 110 Å². The average molecular weight is 251 g/mol. The Kier molecular flexibility index (Phi) is 5.15. The molecule has 0 aromatic heterocycles. The van der Waals surface area contributed by atoms with Crippen LogP contribution in [0.1, 0.15) is 40.5 Å². The summed E-state index contributed by atoms with van der Waals surface area (Å²) in [6.07, 6.45) is 2.36. The summed E-state index contributed by atoms with van der Waals surface area (Å²) in [5.74, 6) is 0.353. The van der Waals surface area contributed by atoms with E-state index in [0.717, 1.165) is 19.5 Å². The van der Waals surface area contributed by atoms with Gasteiger partial charge in [-0.3, -0.25) is 4.79 Å². The Morgan fingerprint density at radius 3 is 2.78 bits per heavy atom. The summed E-state index contributed by atoms with van der Waals surface area (Å²) in [6, 6.07) is 2.60. The molecule has 1 amide bonds. The number of nitrogens with zero attached hydrogens (tertiary/aromatic N) is 2. The lowest BCUT2D eigenvalue weighted by atomic mass is 9.93. The molecular weight excluding hydrogens is 226 g/mol. The van der Waals surface area contributed by atoms with Crippen molar-refractivity contribution in [2.24, 2.45) is 11.3 Å². The fourth-order valence-electron chi connectivity index (χ4n) is 2.24. The third kappa shape index (κ3) is 3.99. The van der Waals surface area contributed by atoms with Gasteiger partial charge < -0.3 is 10.2 Å². The normalized spacial score (nSPS) is 21.7. The quantitative estimate of drug-likeness (QED) is 0.828. The maximum Gasteiger partial charge on any atom is 0.239 e. The first-order valence-corrected chi connectivity index (χ1v) is 6.80. The molecule has 1 saturated heterocycles. The van der Waals surface area contributed by atoms with Crippen molar-refractivity contribution < 1.29 is 4.79 Å². The fourth-order valence-corrected chi connectivity index (χ4v) is 2.24. The van der Waals surface area contributed by atoms with Crippen LogP contribution < -0.4 is 5.32 Å². The minimum absolute atomic E-state index is 0.160. The van der Waals surface area contributed by atoms with Gasteiger partial charge in [0.05, 0.1) is 6.07 Å². The highest BCUT2D eigenvalue weighted by Crippen LogP contribution is 2.18. The number of rotatable bonds is 4. The van der Waals surface area contributed by atoms with Gasteiger partial charge in [0.15, 0.2) is 0 Å². The van der Waals surface area contributed by atoms with Crippen molar-refractivity contribution in [3.8, 4) is 6.07 Å². The summed E-state index contributed by atoms with van der Waals surface area (Å²) in [7, 11) is 0. The molecule has 1 atom stereocenters. The Balaban J connectivity index is 2.40. The third-order valence-corrected chi connectivity index (χ3v) is 3.68. The molecule has 0 aromatic rings. The van der Waals surface area contributed by atoms with Gasteiger partial charge in [-0.1, -0.05) is 0 Å². The molecule has 0 radical (unpaired) electrons. The second-order valence-corrected chi connectivity index (χ2v) is 6.04. The molecule has 0 saturated carbocycles. The highest BCUT2D eigenvalue weighted by Gasteiger charge is 2.28. The van der Waals surface area contributed by atoms with Crippen molar-refractivity contribution in [1.29, 1.82) is 5.26 Å². The molecule has 1 heterocycles. The van der Waals surface area contributed by atoms with Crippen molar-refractivity contribution in [2.45, 2.75) is 46.6 Å². The molecule has 0 aromatic carbocycles. The number of amides is 1. The number of hydrogen-bond acceptors (Lipinski definition) is 3. The zero-order valence-electron chi connectivity index (χ0n) is 12.0. The van der Waals surface area contributed by atoms with E-state index in [-0.39, 0.29) is 5.91 Å². The van der Waals surface area contributed by atoms with E-state index in [2.05, 4.69) is 24.1 Å². The van der Waals surface area contributed by atoms with Crippen molar-refractivity contribution in [3.05, 3.63) is 0 Å². The monoisotopic (exact) mass is 251 g/mol. The van der Waals surface area contributed by atoms with E-state index in [1.165, 1.54) is 6.42 Å². The maximum absolute atomic E-state index is 11.8. The van der Waals surface area contributed by atoms with Crippen molar-refractivity contribution in [1.82, 2.24) is 10.2 Å². The van der Waals surface area contributed by atoms with Gasteiger partial charge in [-0.25, -0.2) is 0 Å². The van der Waals surface area contributed by atoms with Crippen LogP contribution in [0.4, 0.5) is 0 Å². The number of carbonyl (C=O) groups is 1. The van der Waals surface area contributed by atoms with E-state index in [1.807, 2.05) is 6.07 Å². The van der Waals surface area contributed by atoms with E-state index < -0.39 is 5.41 Å². The lowest BCUT2D eigenvalue weighted by molar-refractivity contribution is -0.127. The summed E-state index contributed by atoms with van der Waals surface area (Å²) >= 11 is 0. The largest absolute Gasteiger partial charge is 0.354 e. The Hall–Kier alpha value is -1.08. The van der Waals surface area contributed by atoms with Crippen LogP contribution in [0.15, 0.2) is 0 Å². The van der Waals surface area contributed by atoms with Crippen molar-refractivity contribution in [2.75, 3.05) is 19.6 Å². The molecule has 4 nitrogen and oxygen atoms in total. The van der Waals surface area contributed by atoms with E-state index in [0.29, 0.717) is 18.5 Å². The predicted molar refractivity (Wildman–Crippen MR) is 71.8 cm³/mol. The summed E-state index contributed by atoms with van der Waals surface area (Å²) in [5.41, 5.74) is -0.924. The molecule has 1 rings (SSSR count). The topological polar surface area (TPSA) is 56.1 Å². The summed E-state index contributed by atoms with van der Waals surface area (Å²) in [6.45, 7) is 10.6. The molecule has 1 unspecified atom stereocenters. The fraction of sp³-hybridized carbons (Fsp3) is 0.857. The summed E-state index contributed by atoms with van der Waals surface area (Å²) in [4.78, 5) is 14.3. The van der Waals surface area contributed by atoms with Gasteiger partial charge in [-0.05, 0) is 53.0 Å². The molecule has 1 aliphatic heterocycles. The minimum Gasteiger partial charge on any atom is -0.354 e. The van der Waals surface area contributed by atoms with Gasteiger partial charge in [0.25, 0.3) is 0 Å². The molecule has 0 aliphatic carbocycles. The molecule has 18 heavy (non-hydrogen) atoms. The second-order valence-electron chi connectivity index (χ2n) is 6.04. The van der Waals surface area contributed by atoms with Crippen LogP contribution in [-0.2, 0) is 4.79 Å². The zero-order valence-corrected chi connectivity index (χ0v) is 12.0. The van der Waals surface area contributed by atoms with Crippen molar-refractivity contribution in [3.63, 3.8) is 0 Å². The molecule has 102 valence electrons. The van der Waals surface area contributed by atoms with Gasteiger partial charge in [0, 0.05) is 19.1 Å². The van der Waals surface area contributed by atoms with Gasteiger partial charge >= 0.3 is 0 Å². The first-order chi connectivity index (χ1) is 8.36. The van der Waals surface area contributed by atoms with E-state index >= 15 is 0 Å². The second kappa shape index (κ2) is 6.19. The summed E-state index contributed by atoms with van der Waals surface area (Å²) in [5, 5.41) is 11.8. The smallest absolute Gasteiger partial charge is 0.239 e. The average Bonchev–Trinajstić information content (AvgIpc) is 2.36. The minimum atomic E-state index is -0.924. The molecular formula is C14H25N3O. The van der Waals surface area contributed by atoms with E-state index in [4.69, 9.17) is 5.26 Å². The predicted octanol–water partition coefficient (Wildman–Crippen LogP) is 1.77. The first-order valence-electron chi connectivity index (χ1n) is 6.80. The Morgan fingerprint density at radius 1 is 1.56 bits per heavy atom. The van der Waals surface area contributed by atoms with Crippen molar-refractivity contribution >= 4 is 5.91 Å². The molecule has 0 bridgehead atoms. The van der Waals surface area contributed by atoms with Gasteiger partial charge in [0.2, 0.25) is 5.91 Å². The third-order valence-electron chi connectivity index (χ3n) is 3.68. The highest BCUT2D eigenvalue weighted by molar-refractivity contribution is 5.84. The van der Waals surface area contributed by atoms with Gasteiger partial charge in [-0.15, -0.1) is 0 Å². The molecule has 4 heteroatoms. The molecule has 0 spiro atoms. The number of likely N-dealkylation sites (tertiary alicyclic amines) is 1. The first kappa shape index (κ1) is 15.0. The standard InChI is InChI=1S/C14H25N3O/c1-11(2)17-7-5-6-12(9-17)8-16-13(18)14(3,4)10-15/h11-12H,5-9H2,1-4H3,(H,16,18). The molecule has 1 N–H and O–H groups in total. The number of carbonyl (C=O) groups excluding carboxylic acids is 1. The molecule has 1 aliphatic rings. The van der Waals surface area contributed by atoms with Crippen LogP contribution in [0.5, 0.6) is 0 Å². The number of nitriles is 1. The van der Waals surface area contributed by atoms with Gasteiger partial charge in [0.1, 0.15) is 5.41 Å². The van der Waals surface area contributed by atoms with E-state index in [1.54, 1.807) is 13.8 Å². The zero-order chi connectivity index (χ0) is 13.8. The Bertz CT molecular complexity index is 330. The lowest BCUT2D eigenvalue weighted by Gasteiger charge is -2.35. The highest BCUT2D eigenvalue weighted by atomic mass is 16.2. The van der Waals surface area contributed by atoms with Gasteiger partial charge in [-0.2, -0.15) is 5.26 Å². The van der Waals surface area contributed by atoms with Crippen LogP contribution in [0.3, 0.4) is 0 Å². The van der Waals surface area contributed by atoms with E-state index in [9.17, 15) is 4.79 Å².